The number of rotatable bonds is 4. The normalized spacial score (nSPS) is 12.1. The Labute approximate surface area is 278 Å². The van der Waals surface area contributed by atoms with Crippen LogP contribution >= 0.6 is 0 Å². The SMILES string of the molecule is c1ccc(-c2cc(-c3ccccc3)nc(-n3c4ccccc4c4c5c(ccc43)-c3cccc4cccc(c34)N5c3ccccc3)c2)cc1. The number of aromatic nitrogens is 2. The highest BCUT2D eigenvalue weighted by Crippen LogP contribution is 2.55. The van der Waals surface area contributed by atoms with Crippen LogP contribution in [0.2, 0.25) is 0 Å². The lowest BCUT2D eigenvalue weighted by molar-refractivity contribution is 1.08. The van der Waals surface area contributed by atoms with Gasteiger partial charge in [-0.15, -0.1) is 0 Å². The number of anilines is 3. The average molecular weight is 612 g/mol. The maximum Gasteiger partial charge on any atom is 0.138 e. The molecule has 0 amide bonds. The number of hydrogen-bond donors (Lipinski definition) is 0. The first-order valence-electron chi connectivity index (χ1n) is 16.4. The first-order chi connectivity index (χ1) is 23.8. The van der Waals surface area contributed by atoms with Crippen molar-refractivity contribution in [1.29, 1.82) is 0 Å². The smallest absolute Gasteiger partial charge is 0.138 e. The number of hydrogen-bond acceptors (Lipinski definition) is 2. The Morgan fingerprint density at radius 1 is 0.438 bits per heavy atom. The summed E-state index contributed by atoms with van der Waals surface area (Å²) in [5.41, 5.74) is 12.6. The largest absolute Gasteiger partial charge is 0.309 e. The van der Waals surface area contributed by atoms with Crippen molar-refractivity contribution in [3.05, 3.63) is 176 Å². The van der Waals surface area contributed by atoms with Gasteiger partial charge < -0.3 is 4.90 Å². The highest BCUT2D eigenvalue weighted by Gasteiger charge is 2.30. The Kier molecular flexibility index (Phi) is 5.87. The highest BCUT2D eigenvalue weighted by molar-refractivity contribution is 6.24. The fraction of sp³-hybridized carbons (Fsp3) is 0. The van der Waals surface area contributed by atoms with Crippen molar-refractivity contribution < 1.29 is 0 Å². The van der Waals surface area contributed by atoms with Crippen LogP contribution in [0.3, 0.4) is 0 Å². The lowest BCUT2D eigenvalue weighted by atomic mass is 9.89. The summed E-state index contributed by atoms with van der Waals surface area (Å²) in [5, 5.41) is 4.94. The van der Waals surface area contributed by atoms with E-state index in [1.165, 1.54) is 44.0 Å². The molecular weight excluding hydrogens is 583 g/mol. The van der Waals surface area contributed by atoms with Gasteiger partial charge in [0.2, 0.25) is 0 Å². The molecule has 2 aromatic heterocycles. The molecule has 7 aromatic carbocycles. The van der Waals surface area contributed by atoms with E-state index in [9.17, 15) is 0 Å². The minimum Gasteiger partial charge on any atom is -0.309 e. The zero-order valence-corrected chi connectivity index (χ0v) is 26.1. The topological polar surface area (TPSA) is 21.1 Å². The molecule has 9 aromatic rings. The molecule has 1 aliphatic heterocycles. The van der Waals surface area contributed by atoms with E-state index in [-0.39, 0.29) is 0 Å². The van der Waals surface area contributed by atoms with Crippen LogP contribution < -0.4 is 4.90 Å². The first-order valence-corrected chi connectivity index (χ1v) is 16.4. The molecule has 224 valence electrons. The Balaban J connectivity index is 1.33. The molecule has 3 heteroatoms. The van der Waals surface area contributed by atoms with Gasteiger partial charge in [0.1, 0.15) is 5.82 Å². The molecule has 0 unspecified atom stereocenters. The van der Waals surface area contributed by atoms with Gasteiger partial charge in [0.05, 0.1) is 28.1 Å². The Morgan fingerprint density at radius 3 is 1.92 bits per heavy atom. The summed E-state index contributed by atoms with van der Waals surface area (Å²) in [7, 11) is 0. The van der Waals surface area contributed by atoms with Gasteiger partial charge in [-0.05, 0) is 64.5 Å². The zero-order valence-electron chi connectivity index (χ0n) is 26.1. The Morgan fingerprint density at radius 2 is 1.12 bits per heavy atom. The van der Waals surface area contributed by atoms with Crippen LogP contribution in [0.15, 0.2) is 176 Å². The van der Waals surface area contributed by atoms with E-state index in [1.807, 2.05) is 0 Å². The third-order valence-corrected chi connectivity index (χ3v) is 9.68. The van der Waals surface area contributed by atoms with Crippen molar-refractivity contribution in [3.63, 3.8) is 0 Å². The lowest BCUT2D eigenvalue weighted by Gasteiger charge is -2.34. The molecule has 3 heterocycles. The van der Waals surface area contributed by atoms with E-state index in [0.717, 1.165) is 44.9 Å². The van der Waals surface area contributed by atoms with Crippen LogP contribution in [0.4, 0.5) is 17.1 Å². The van der Waals surface area contributed by atoms with Crippen LogP contribution in [0.25, 0.3) is 71.9 Å². The summed E-state index contributed by atoms with van der Waals surface area (Å²) in [6, 6.07) is 63.0. The van der Waals surface area contributed by atoms with Crippen molar-refractivity contribution in [2.24, 2.45) is 0 Å². The predicted octanol–water partition coefficient (Wildman–Crippen LogP) is 12.1. The summed E-state index contributed by atoms with van der Waals surface area (Å²) in [5.74, 6) is 0.894. The molecule has 0 spiro atoms. The minimum atomic E-state index is 0.894. The van der Waals surface area contributed by atoms with E-state index in [1.54, 1.807) is 0 Å². The van der Waals surface area contributed by atoms with E-state index in [4.69, 9.17) is 4.98 Å². The van der Waals surface area contributed by atoms with Crippen molar-refractivity contribution in [3.8, 4) is 39.3 Å². The van der Waals surface area contributed by atoms with E-state index in [0.29, 0.717) is 0 Å². The summed E-state index contributed by atoms with van der Waals surface area (Å²) in [6.45, 7) is 0. The monoisotopic (exact) mass is 611 g/mol. The van der Waals surface area contributed by atoms with Crippen molar-refractivity contribution in [1.82, 2.24) is 9.55 Å². The zero-order chi connectivity index (χ0) is 31.6. The van der Waals surface area contributed by atoms with Crippen molar-refractivity contribution >= 4 is 49.6 Å². The molecule has 3 nitrogen and oxygen atoms in total. The Hall–Kier alpha value is -6.45. The fourth-order valence-electron chi connectivity index (χ4n) is 7.62. The summed E-state index contributed by atoms with van der Waals surface area (Å²) < 4.78 is 2.36. The number of para-hydroxylation sites is 2. The van der Waals surface area contributed by atoms with E-state index < -0.39 is 0 Å². The number of fused-ring (bicyclic) bond motifs is 6. The van der Waals surface area contributed by atoms with Gasteiger partial charge in [0.15, 0.2) is 0 Å². The predicted molar refractivity (Wildman–Crippen MR) is 201 cm³/mol. The first kappa shape index (κ1) is 26.7. The van der Waals surface area contributed by atoms with Gasteiger partial charge in [-0.3, -0.25) is 4.57 Å². The molecule has 10 rings (SSSR count). The lowest BCUT2D eigenvalue weighted by Crippen LogP contribution is -2.15. The minimum absolute atomic E-state index is 0.894. The molecule has 0 saturated heterocycles. The van der Waals surface area contributed by atoms with Crippen molar-refractivity contribution in [2.75, 3.05) is 4.90 Å². The van der Waals surface area contributed by atoms with Gasteiger partial charge >= 0.3 is 0 Å². The van der Waals surface area contributed by atoms with Gasteiger partial charge in [-0.2, -0.15) is 0 Å². The second-order valence-electron chi connectivity index (χ2n) is 12.4. The second-order valence-corrected chi connectivity index (χ2v) is 12.4. The molecule has 1 aliphatic rings. The molecule has 0 fully saturated rings. The maximum absolute atomic E-state index is 5.38. The molecular formula is C45H29N3. The standard InChI is InChI=1S/C45H29N3/c1-4-14-30(15-5-1)33-28-38(31-16-6-2-7-17-31)46-42(29-33)48-39-24-11-10-22-37(39)44-41(48)27-26-36-35-23-12-18-32-19-13-25-40(43(32)35)47(45(36)44)34-20-8-3-9-21-34/h1-29H. The van der Waals surface area contributed by atoms with Crippen LogP contribution in [0.5, 0.6) is 0 Å². The molecule has 0 saturated carbocycles. The number of benzene rings is 7. The third-order valence-electron chi connectivity index (χ3n) is 9.68. The van der Waals surface area contributed by atoms with Crippen LogP contribution in [-0.4, -0.2) is 9.55 Å². The number of nitrogens with zero attached hydrogens (tertiary/aromatic N) is 3. The molecule has 0 N–H and O–H groups in total. The highest BCUT2D eigenvalue weighted by atomic mass is 15.2. The quantitative estimate of drug-likeness (QED) is 0.197. The number of pyridine rings is 1. The van der Waals surface area contributed by atoms with Gasteiger partial charge in [0.25, 0.3) is 0 Å². The van der Waals surface area contributed by atoms with Crippen LogP contribution in [0, 0.1) is 0 Å². The van der Waals surface area contributed by atoms with E-state index in [2.05, 4.69) is 185 Å². The summed E-state index contributed by atoms with van der Waals surface area (Å²) in [4.78, 5) is 7.84. The van der Waals surface area contributed by atoms with Crippen LogP contribution in [-0.2, 0) is 0 Å². The Bertz CT molecular complexity index is 2590. The average Bonchev–Trinajstić information content (AvgIpc) is 3.51. The summed E-state index contributed by atoms with van der Waals surface area (Å²) in [6.07, 6.45) is 0. The van der Waals surface area contributed by atoms with Gasteiger partial charge in [-0.25, -0.2) is 4.98 Å². The van der Waals surface area contributed by atoms with Gasteiger partial charge in [0, 0.05) is 33.0 Å². The summed E-state index contributed by atoms with van der Waals surface area (Å²) >= 11 is 0. The molecule has 0 bridgehead atoms. The van der Waals surface area contributed by atoms with E-state index >= 15 is 0 Å². The molecule has 0 radical (unpaired) electrons. The van der Waals surface area contributed by atoms with Gasteiger partial charge in [-0.1, -0.05) is 133 Å². The fourth-order valence-corrected chi connectivity index (χ4v) is 7.62. The van der Waals surface area contributed by atoms with Crippen molar-refractivity contribution in [2.45, 2.75) is 0 Å². The third kappa shape index (κ3) is 3.98. The second kappa shape index (κ2) is 10.5. The molecule has 48 heavy (non-hydrogen) atoms. The molecule has 0 aliphatic carbocycles. The van der Waals surface area contributed by atoms with Crippen LogP contribution in [0.1, 0.15) is 0 Å². The maximum atomic E-state index is 5.38. The molecule has 0 atom stereocenters.